The van der Waals surface area contributed by atoms with Gasteiger partial charge in [0, 0.05) is 24.2 Å². The number of nitrogens with zero attached hydrogens (tertiary/aromatic N) is 4. The number of benzene rings is 1. The van der Waals surface area contributed by atoms with E-state index in [1.807, 2.05) is 0 Å². The van der Waals surface area contributed by atoms with Crippen LogP contribution in [-0.2, 0) is 17.9 Å². The lowest BCUT2D eigenvalue weighted by molar-refractivity contribution is -0.330. The number of fused-ring (bicyclic) bond motifs is 1. The summed E-state index contributed by atoms with van der Waals surface area (Å²) in [6.07, 6.45) is -0.0457. The maximum atomic E-state index is 13.1. The number of carbonyl (C=O) groups is 1. The molecule has 0 atom stereocenters. The SMILES string of the molecule is O=C1c2cc(-c3ccc(COC(F)(F)F)nc3)ccc2OCCN1Cc1ncccn1. The molecule has 0 spiro atoms. The normalized spacial score (nSPS) is 14.0. The number of amides is 1. The smallest absolute Gasteiger partial charge is 0.491 e. The first-order valence-corrected chi connectivity index (χ1v) is 9.37. The number of rotatable bonds is 5. The van der Waals surface area contributed by atoms with E-state index >= 15 is 0 Å². The zero-order chi connectivity index (χ0) is 21.8. The van der Waals surface area contributed by atoms with E-state index in [0.717, 1.165) is 0 Å². The lowest BCUT2D eigenvalue weighted by atomic mass is 10.0. The molecular weight excluding hydrogens is 413 g/mol. The van der Waals surface area contributed by atoms with Crippen LogP contribution in [-0.4, -0.2) is 45.3 Å². The third kappa shape index (κ3) is 5.15. The molecule has 3 aromatic rings. The molecule has 0 aliphatic carbocycles. The predicted octanol–water partition coefficient (Wildman–Crippen LogP) is 3.61. The Hall–Kier alpha value is -3.53. The van der Waals surface area contributed by atoms with Crippen LogP contribution in [0.3, 0.4) is 0 Å². The van der Waals surface area contributed by atoms with Crippen LogP contribution < -0.4 is 4.74 Å². The summed E-state index contributed by atoms with van der Waals surface area (Å²) in [6.45, 7) is 0.301. The zero-order valence-electron chi connectivity index (χ0n) is 16.2. The molecule has 10 heteroatoms. The van der Waals surface area contributed by atoms with E-state index < -0.39 is 13.0 Å². The molecule has 2 aromatic heterocycles. The van der Waals surface area contributed by atoms with Crippen molar-refractivity contribution in [1.29, 1.82) is 0 Å². The molecule has 0 unspecified atom stereocenters. The van der Waals surface area contributed by atoms with Crippen molar-refractivity contribution in [1.82, 2.24) is 19.9 Å². The number of carbonyl (C=O) groups excluding carboxylic acids is 1. The number of halogens is 3. The van der Waals surface area contributed by atoms with E-state index in [2.05, 4.69) is 19.7 Å². The summed E-state index contributed by atoms with van der Waals surface area (Å²) in [5, 5.41) is 0. The Labute approximate surface area is 175 Å². The molecule has 3 heterocycles. The Kier molecular flexibility index (Phi) is 5.81. The summed E-state index contributed by atoms with van der Waals surface area (Å²) < 4.78 is 46.0. The minimum absolute atomic E-state index is 0.143. The third-order valence-electron chi connectivity index (χ3n) is 4.61. The lowest BCUT2D eigenvalue weighted by Gasteiger charge is -2.19. The molecule has 160 valence electrons. The van der Waals surface area contributed by atoms with Crippen LogP contribution in [0.15, 0.2) is 55.0 Å². The summed E-state index contributed by atoms with van der Waals surface area (Å²) in [6, 6.07) is 9.93. The number of hydrogen-bond acceptors (Lipinski definition) is 6. The molecule has 4 rings (SSSR count). The highest BCUT2D eigenvalue weighted by molar-refractivity contribution is 5.98. The maximum Gasteiger partial charge on any atom is 0.522 e. The van der Waals surface area contributed by atoms with Crippen molar-refractivity contribution in [2.24, 2.45) is 0 Å². The third-order valence-corrected chi connectivity index (χ3v) is 4.61. The van der Waals surface area contributed by atoms with Crippen molar-refractivity contribution in [2.75, 3.05) is 13.2 Å². The molecule has 1 aliphatic rings. The summed E-state index contributed by atoms with van der Waals surface area (Å²) >= 11 is 0. The van der Waals surface area contributed by atoms with Gasteiger partial charge in [-0.05, 0) is 29.8 Å². The Balaban J connectivity index is 1.55. The molecule has 1 amide bonds. The van der Waals surface area contributed by atoms with Gasteiger partial charge in [-0.15, -0.1) is 13.2 Å². The van der Waals surface area contributed by atoms with Crippen molar-refractivity contribution in [3.05, 3.63) is 72.1 Å². The number of aromatic nitrogens is 3. The summed E-state index contributed by atoms with van der Waals surface area (Å²) in [5.41, 5.74) is 1.86. The Morgan fingerprint density at radius 1 is 1.06 bits per heavy atom. The van der Waals surface area contributed by atoms with Gasteiger partial charge >= 0.3 is 6.36 Å². The Bertz CT molecular complexity index is 1060. The first-order chi connectivity index (χ1) is 14.9. The lowest BCUT2D eigenvalue weighted by Crippen LogP contribution is -2.32. The van der Waals surface area contributed by atoms with Crippen LogP contribution in [0.2, 0.25) is 0 Å². The van der Waals surface area contributed by atoms with Gasteiger partial charge in [0.2, 0.25) is 0 Å². The topological polar surface area (TPSA) is 77.4 Å². The van der Waals surface area contributed by atoms with Crippen LogP contribution in [0, 0.1) is 0 Å². The largest absolute Gasteiger partial charge is 0.522 e. The van der Waals surface area contributed by atoms with Gasteiger partial charge < -0.3 is 9.64 Å². The molecule has 0 saturated carbocycles. The molecule has 1 aromatic carbocycles. The highest BCUT2D eigenvalue weighted by Crippen LogP contribution is 2.29. The van der Waals surface area contributed by atoms with Crippen LogP contribution in [0.4, 0.5) is 13.2 Å². The van der Waals surface area contributed by atoms with Gasteiger partial charge in [0.1, 0.15) is 18.2 Å². The molecular formula is C21H17F3N4O3. The minimum Gasteiger partial charge on any atom is -0.491 e. The molecule has 0 fully saturated rings. The number of alkyl halides is 3. The number of ether oxygens (including phenoxy) is 2. The number of hydrogen-bond donors (Lipinski definition) is 0. The van der Waals surface area contributed by atoms with Gasteiger partial charge in [-0.25, -0.2) is 9.97 Å². The molecule has 0 radical (unpaired) electrons. The predicted molar refractivity (Wildman–Crippen MR) is 103 cm³/mol. The second kappa shape index (κ2) is 8.68. The van der Waals surface area contributed by atoms with Crippen LogP contribution >= 0.6 is 0 Å². The van der Waals surface area contributed by atoms with Crippen molar-refractivity contribution in [3.63, 3.8) is 0 Å². The minimum atomic E-state index is -4.71. The van der Waals surface area contributed by atoms with E-state index in [-0.39, 0.29) is 18.1 Å². The fraction of sp³-hybridized carbons (Fsp3) is 0.238. The highest BCUT2D eigenvalue weighted by Gasteiger charge is 2.29. The zero-order valence-corrected chi connectivity index (χ0v) is 16.2. The van der Waals surface area contributed by atoms with Gasteiger partial charge in [0.05, 0.1) is 31.0 Å². The van der Waals surface area contributed by atoms with E-state index in [0.29, 0.717) is 41.4 Å². The summed E-state index contributed by atoms with van der Waals surface area (Å²) in [5.74, 6) is 0.773. The Morgan fingerprint density at radius 2 is 1.84 bits per heavy atom. The van der Waals surface area contributed by atoms with E-state index in [1.54, 1.807) is 47.6 Å². The standard InChI is InChI=1S/C21H17F3N4O3/c22-21(23,24)31-13-16-4-2-15(11-27-16)14-3-5-18-17(10-14)20(29)28(8-9-30-18)12-19-25-6-1-7-26-19/h1-7,10-11H,8-9,12-13H2. The second-order valence-electron chi connectivity index (χ2n) is 6.72. The second-order valence-corrected chi connectivity index (χ2v) is 6.72. The average molecular weight is 430 g/mol. The molecule has 0 saturated heterocycles. The first kappa shape index (κ1) is 20.7. The van der Waals surface area contributed by atoms with Crippen molar-refractivity contribution < 1.29 is 27.4 Å². The quantitative estimate of drug-likeness (QED) is 0.616. The fourth-order valence-corrected chi connectivity index (χ4v) is 3.11. The van der Waals surface area contributed by atoms with Crippen LogP contribution in [0.25, 0.3) is 11.1 Å². The molecule has 0 N–H and O–H groups in total. The summed E-state index contributed by atoms with van der Waals surface area (Å²) in [4.78, 5) is 27.1. The maximum absolute atomic E-state index is 13.1. The van der Waals surface area contributed by atoms with E-state index in [9.17, 15) is 18.0 Å². The van der Waals surface area contributed by atoms with Gasteiger partial charge in [-0.1, -0.05) is 12.1 Å². The number of pyridine rings is 1. The first-order valence-electron chi connectivity index (χ1n) is 9.37. The Morgan fingerprint density at radius 3 is 2.55 bits per heavy atom. The van der Waals surface area contributed by atoms with Gasteiger partial charge in [0.25, 0.3) is 5.91 Å². The molecule has 1 aliphatic heterocycles. The van der Waals surface area contributed by atoms with E-state index in [4.69, 9.17) is 4.74 Å². The van der Waals surface area contributed by atoms with Crippen molar-refractivity contribution >= 4 is 5.91 Å². The van der Waals surface area contributed by atoms with Crippen LogP contribution in [0.5, 0.6) is 5.75 Å². The van der Waals surface area contributed by atoms with Crippen LogP contribution in [0.1, 0.15) is 21.9 Å². The highest BCUT2D eigenvalue weighted by atomic mass is 19.4. The molecule has 31 heavy (non-hydrogen) atoms. The van der Waals surface area contributed by atoms with Crippen molar-refractivity contribution in [2.45, 2.75) is 19.5 Å². The van der Waals surface area contributed by atoms with Crippen molar-refractivity contribution in [3.8, 4) is 16.9 Å². The average Bonchev–Trinajstić information content (AvgIpc) is 2.92. The van der Waals surface area contributed by atoms with Gasteiger partial charge in [-0.3, -0.25) is 14.5 Å². The molecule has 0 bridgehead atoms. The summed E-state index contributed by atoms with van der Waals surface area (Å²) in [7, 11) is 0. The molecule has 7 nitrogen and oxygen atoms in total. The van der Waals surface area contributed by atoms with Gasteiger partial charge in [-0.2, -0.15) is 0 Å². The van der Waals surface area contributed by atoms with Gasteiger partial charge in [0.15, 0.2) is 0 Å². The fourth-order valence-electron chi connectivity index (χ4n) is 3.11. The monoisotopic (exact) mass is 430 g/mol. The van der Waals surface area contributed by atoms with E-state index in [1.165, 1.54) is 12.3 Å².